The monoisotopic (exact) mass is 596 g/mol. The van der Waals surface area contributed by atoms with E-state index in [0.717, 1.165) is 18.4 Å². The van der Waals surface area contributed by atoms with Gasteiger partial charge in [0.1, 0.15) is 0 Å². The van der Waals surface area contributed by atoms with Crippen LogP contribution in [0.5, 0.6) is 11.5 Å². The molecule has 1 amide bonds. The fourth-order valence-corrected chi connectivity index (χ4v) is 7.79. The van der Waals surface area contributed by atoms with Gasteiger partial charge in [-0.3, -0.25) is 9.59 Å². The number of piperazine rings is 1. The molecule has 0 N–H and O–H groups in total. The number of aromatic nitrogens is 1. The first kappa shape index (κ1) is 30.1. The van der Waals surface area contributed by atoms with Gasteiger partial charge in [-0.05, 0) is 55.6 Å². The lowest BCUT2D eigenvalue weighted by Crippen LogP contribution is -2.47. The first-order valence-electron chi connectivity index (χ1n) is 14.5. The molecule has 1 aromatic heterocycles. The maximum Gasteiger partial charge on any atom is 0.258 e. The van der Waals surface area contributed by atoms with Crippen molar-refractivity contribution >= 4 is 26.7 Å². The predicted molar refractivity (Wildman–Crippen MR) is 162 cm³/mol. The largest absolute Gasteiger partial charge is 0.493 e. The number of hydrogen-bond donors (Lipinski definition) is 0. The van der Waals surface area contributed by atoms with E-state index in [4.69, 9.17) is 9.47 Å². The Labute approximate surface area is 247 Å². The average molecular weight is 597 g/mol. The summed E-state index contributed by atoms with van der Waals surface area (Å²) in [6.45, 7) is 6.84. The first-order chi connectivity index (χ1) is 20.1. The van der Waals surface area contributed by atoms with Gasteiger partial charge in [0.2, 0.25) is 10.0 Å². The second-order valence-corrected chi connectivity index (χ2v) is 13.0. The summed E-state index contributed by atoms with van der Waals surface area (Å²) in [7, 11) is 1.28. The number of ether oxygens (including phenoxy) is 2. The minimum Gasteiger partial charge on any atom is -0.493 e. The number of carbonyl (C=O) groups excluding carboxylic acids is 1. The first-order valence-corrected chi connectivity index (χ1v) is 16.0. The minimum atomic E-state index is -3.73. The van der Waals surface area contributed by atoms with Gasteiger partial charge >= 0.3 is 0 Å². The zero-order valence-corrected chi connectivity index (χ0v) is 25.9. The van der Waals surface area contributed by atoms with Gasteiger partial charge in [0.05, 0.1) is 30.1 Å². The highest BCUT2D eigenvalue weighted by molar-refractivity contribution is 7.89. The summed E-state index contributed by atoms with van der Waals surface area (Å²) in [6, 6.07) is 8.63. The number of nitrogens with zero attached hydrogens (tertiary/aromatic N) is 4. The third kappa shape index (κ3) is 5.29. The molecule has 226 valence electrons. The SMILES string of the molecule is CCC(CC)n1cc(C(=O)N2CCc3cccc(S(=O)(=O)N4CCN(C)CC4)c3C2)c2cc(OC)c(OC)cc2c1=O. The Hall–Kier alpha value is -3.41. The van der Waals surface area contributed by atoms with Crippen molar-refractivity contribution in [2.45, 2.75) is 50.6 Å². The molecule has 1 saturated heterocycles. The molecule has 11 heteroatoms. The van der Waals surface area contributed by atoms with E-state index in [0.29, 0.717) is 72.5 Å². The molecule has 0 bridgehead atoms. The molecular weight excluding hydrogens is 556 g/mol. The number of sulfonamides is 1. The van der Waals surface area contributed by atoms with Crippen LogP contribution >= 0.6 is 0 Å². The van der Waals surface area contributed by atoms with Gasteiger partial charge in [-0.2, -0.15) is 4.31 Å². The maximum absolute atomic E-state index is 14.3. The summed E-state index contributed by atoms with van der Waals surface area (Å²) in [4.78, 5) is 32.0. The van der Waals surface area contributed by atoms with E-state index in [1.165, 1.54) is 14.2 Å². The van der Waals surface area contributed by atoms with Crippen LogP contribution < -0.4 is 15.0 Å². The highest BCUT2D eigenvalue weighted by Crippen LogP contribution is 2.35. The van der Waals surface area contributed by atoms with Crippen LogP contribution in [0.4, 0.5) is 0 Å². The quantitative estimate of drug-likeness (QED) is 0.392. The van der Waals surface area contributed by atoms with Crippen molar-refractivity contribution in [3.8, 4) is 11.5 Å². The molecule has 0 saturated carbocycles. The van der Waals surface area contributed by atoms with Gasteiger partial charge in [-0.1, -0.05) is 26.0 Å². The van der Waals surface area contributed by atoms with Gasteiger partial charge in [-0.25, -0.2) is 8.42 Å². The van der Waals surface area contributed by atoms with E-state index in [1.54, 1.807) is 44.2 Å². The Kier molecular flexibility index (Phi) is 8.63. The molecule has 0 radical (unpaired) electrons. The number of amides is 1. The number of rotatable bonds is 8. The Morgan fingerprint density at radius 2 is 1.60 bits per heavy atom. The smallest absolute Gasteiger partial charge is 0.258 e. The molecule has 5 rings (SSSR count). The average Bonchev–Trinajstić information content (AvgIpc) is 3.01. The Balaban J connectivity index is 1.59. The number of carbonyl (C=O) groups is 1. The van der Waals surface area contributed by atoms with Gasteiger partial charge in [-0.15, -0.1) is 0 Å². The second-order valence-electron chi connectivity index (χ2n) is 11.1. The standard InChI is InChI=1S/C31H40N4O6S/c1-6-22(7-2)35-20-26(23-17-27(40-4)28(41-5)18-24(23)31(35)37)30(36)33-12-11-21-9-8-10-29(25(21)19-33)42(38,39)34-15-13-32(3)14-16-34/h8-10,17-18,20,22H,6-7,11-16,19H2,1-5H3. The van der Waals surface area contributed by atoms with Crippen LogP contribution in [0.1, 0.15) is 54.2 Å². The lowest BCUT2D eigenvalue weighted by molar-refractivity contribution is 0.0733. The molecule has 42 heavy (non-hydrogen) atoms. The molecule has 0 spiro atoms. The van der Waals surface area contributed by atoms with Crippen molar-refractivity contribution in [2.24, 2.45) is 0 Å². The van der Waals surface area contributed by atoms with Crippen molar-refractivity contribution in [1.82, 2.24) is 18.7 Å². The summed E-state index contributed by atoms with van der Waals surface area (Å²) in [6.07, 6.45) is 3.66. The summed E-state index contributed by atoms with van der Waals surface area (Å²) in [5, 5.41) is 0.857. The van der Waals surface area contributed by atoms with E-state index in [-0.39, 0.29) is 28.9 Å². The molecule has 0 aliphatic carbocycles. The van der Waals surface area contributed by atoms with Gasteiger partial charge in [0, 0.05) is 56.9 Å². The van der Waals surface area contributed by atoms with Crippen LogP contribution in [0.15, 0.2) is 46.2 Å². The molecule has 1 fully saturated rings. The van der Waals surface area contributed by atoms with Crippen LogP contribution in [0.3, 0.4) is 0 Å². The van der Waals surface area contributed by atoms with Crippen LogP contribution in [0.2, 0.25) is 0 Å². The van der Waals surface area contributed by atoms with E-state index in [2.05, 4.69) is 4.90 Å². The highest BCUT2D eigenvalue weighted by atomic mass is 32.2. The van der Waals surface area contributed by atoms with Crippen molar-refractivity contribution in [1.29, 1.82) is 0 Å². The number of benzene rings is 2. The topological polar surface area (TPSA) is 101 Å². The summed E-state index contributed by atoms with van der Waals surface area (Å²) >= 11 is 0. The summed E-state index contributed by atoms with van der Waals surface area (Å²) in [5.74, 6) is 0.570. The molecule has 10 nitrogen and oxygen atoms in total. The molecule has 2 aliphatic rings. The van der Waals surface area contributed by atoms with E-state index in [1.807, 2.05) is 27.0 Å². The minimum absolute atomic E-state index is 0.0797. The highest BCUT2D eigenvalue weighted by Gasteiger charge is 2.33. The Morgan fingerprint density at radius 1 is 0.952 bits per heavy atom. The van der Waals surface area contributed by atoms with Crippen molar-refractivity contribution in [3.63, 3.8) is 0 Å². The van der Waals surface area contributed by atoms with E-state index >= 15 is 0 Å². The van der Waals surface area contributed by atoms with Gasteiger partial charge in [0.25, 0.3) is 11.5 Å². The number of hydrogen-bond acceptors (Lipinski definition) is 7. The summed E-state index contributed by atoms with van der Waals surface area (Å²) < 4.78 is 41.8. The predicted octanol–water partition coefficient (Wildman–Crippen LogP) is 3.51. The van der Waals surface area contributed by atoms with E-state index in [9.17, 15) is 18.0 Å². The fraction of sp³-hybridized carbons (Fsp3) is 0.484. The third-order valence-electron chi connectivity index (χ3n) is 8.71. The molecular formula is C31H40N4O6S. The molecule has 0 unspecified atom stereocenters. The summed E-state index contributed by atoms with van der Waals surface area (Å²) in [5.41, 5.74) is 1.78. The Morgan fingerprint density at radius 3 is 2.21 bits per heavy atom. The lowest BCUT2D eigenvalue weighted by atomic mass is 9.98. The molecule has 2 aromatic carbocycles. The fourth-order valence-electron chi connectivity index (χ4n) is 6.11. The number of pyridine rings is 1. The van der Waals surface area contributed by atoms with Crippen LogP contribution in [0.25, 0.3) is 10.8 Å². The van der Waals surface area contributed by atoms with Crippen molar-refractivity contribution < 1.29 is 22.7 Å². The molecule has 3 aromatic rings. The van der Waals surface area contributed by atoms with Gasteiger partial charge < -0.3 is 23.8 Å². The van der Waals surface area contributed by atoms with Crippen LogP contribution in [-0.4, -0.2) is 87.0 Å². The number of methoxy groups -OCH3 is 2. The molecule has 3 heterocycles. The lowest BCUT2D eigenvalue weighted by Gasteiger charge is -2.34. The zero-order chi connectivity index (χ0) is 30.2. The second kappa shape index (κ2) is 12.1. The van der Waals surface area contributed by atoms with Crippen molar-refractivity contribution in [2.75, 3.05) is 54.0 Å². The third-order valence-corrected chi connectivity index (χ3v) is 10.7. The van der Waals surface area contributed by atoms with Crippen LogP contribution in [-0.2, 0) is 23.0 Å². The van der Waals surface area contributed by atoms with E-state index < -0.39 is 10.0 Å². The number of fused-ring (bicyclic) bond motifs is 2. The van der Waals surface area contributed by atoms with Crippen LogP contribution in [0, 0.1) is 0 Å². The zero-order valence-electron chi connectivity index (χ0n) is 25.1. The maximum atomic E-state index is 14.3. The Bertz CT molecular complexity index is 1660. The number of likely N-dealkylation sites (N-methyl/N-ethyl adjacent to an activating group) is 1. The normalized spacial score (nSPS) is 16.6. The van der Waals surface area contributed by atoms with Crippen molar-refractivity contribution in [3.05, 3.63) is 63.6 Å². The molecule has 0 atom stereocenters. The molecule has 2 aliphatic heterocycles. The van der Waals surface area contributed by atoms with Gasteiger partial charge in [0.15, 0.2) is 11.5 Å².